The molecule has 0 bridgehead atoms. The molecule has 3 aromatic rings. The fraction of sp³-hybridized carbons (Fsp3) is 0.281. The highest BCUT2D eigenvalue weighted by atomic mass is 16.2. The summed E-state index contributed by atoms with van der Waals surface area (Å²) in [4.78, 5) is 71.8. The number of carbonyl (C=O) groups excluding carboxylic acids is 5. The average molecular weight is 564 g/mol. The number of nitrogens with zero attached hydrogens (tertiary/aromatic N) is 3. The molecule has 2 N–H and O–H groups in total. The average Bonchev–Trinajstić information content (AvgIpc) is 3.68. The van der Waals surface area contributed by atoms with Gasteiger partial charge in [-0.05, 0) is 55.3 Å². The van der Waals surface area contributed by atoms with Crippen molar-refractivity contribution < 1.29 is 24.0 Å². The summed E-state index contributed by atoms with van der Waals surface area (Å²) in [6, 6.07) is 20.9. The number of carbonyl (C=O) groups is 5. The van der Waals surface area contributed by atoms with Gasteiger partial charge in [0.25, 0.3) is 5.91 Å². The second kappa shape index (κ2) is 9.35. The largest absolute Gasteiger partial charge is 0.326 e. The summed E-state index contributed by atoms with van der Waals surface area (Å²) < 4.78 is 0. The number of para-hydroxylation sites is 2. The zero-order valence-corrected chi connectivity index (χ0v) is 23.2. The van der Waals surface area contributed by atoms with Gasteiger partial charge in [-0.15, -0.1) is 0 Å². The van der Waals surface area contributed by atoms with Gasteiger partial charge in [-0.25, -0.2) is 4.90 Å². The van der Waals surface area contributed by atoms with Crippen LogP contribution in [0.2, 0.25) is 0 Å². The van der Waals surface area contributed by atoms with E-state index in [1.807, 2.05) is 31.2 Å². The van der Waals surface area contributed by atoms with Gasteiger partial charge >= 0.3 is 0 Å². The third kappa shape index (κ3) is 3.58. The molecule has 0 aromatic heterocycles. The quantitative estimate of drug-likeness (QED) is 0.471. The van der Waals surface area contributed by atoms with Crippen LogP contribution in [0.15, 0.2) is 72.8 Å². The van der Waals surface area contributed by atoms with Crippen LogP contribution in [0.4, 0.5) is 22.7 Å². The Morgan fingerprint density at radius 1 is 0.929 bits per heavy atom. The van der Waals surface area contributed by atoms with Crippen LogP contribution in [0, 0.1) is 11.8 Å². The number of fused-ring (bicyclic) bond motifs is 5. The molecular formula is C32H29N5O5. The van der Waals surface area contributed by atoms with Crippen molar-refractivity contribution in [2.45, 2.75) is 31.8 Å². The van der Waals surface area contributed by atoms with Gasteiger partial charge in [-0.1, -0.05) is 36.4 Å². The molecule has 2 saturated heterocycles. The van der Waals surface area contributed by atoms with Crippen LogP contribution < -0.4 is 25.3 Å². The fourth-order valence-corrected chi connectivity index (χ4v) is 7.24. The molecule has 0 unspecified atom stereocenters. The maximum absolute atomic E-state index is 14.5. The molecular weight excluding hydrogens is 534 g/mol. The molecule has 0 saturated carbocycles. The van der Waals surface area contributed by atoms with Crippen LogP contribution in [0.25, 0.3) is 0 Å². The zero-order valence-electron chi connectivity index (χ0n) is 23.2. The first kappa shape index (κ1) is 26.1. The summed E-state index contributed by atoms with van der Waals surface area (Å²) in [5.41, 5.74) is 2.51. The SMILES string of the molecule is CC(=O)Nc1ccc(N2C(=O)[C@H]3[C@H](C)N[C@]4(C(=O)N(CC(=O)N5CCc6ccccc65)c5ccccc54)[C@@H]3C2=O)cc1. The summed E-state index contributed by atoms with van der Waals surface area (Å²) in [7, 11) is 0. The van der Waals surface area contributed by atoms with Crippen LogP contribution in [-0.4, -0.2) is 48.7 Å². The molecule has 0 aliphatic carbocycles. The summed E-state index contributed by atoms with van der Waals surface area (Å²) in [6.45, 7) is 3.56. The Kier molecular flexibility index (Phi) is 5.81. The van der Waals surface area contributed by atoms with E-state index in [2.05, 4.69) is 10.6 Å². The van der Waals surface area contributed by atoms with E-state index in [9.17, 15) is 24.0 Å². The lowest BCUT2D eigenvalue weighted by molar-refractivity contribution is -0.132. The van der Waals surface area contributed by atoms with Gasteiger partial charge in [0.1, 0.15) is 12.1 Å². The lowest BCUT2D eigenvalue weighted by Gasteiger charge is -2.30. The number of hydrogen-bond donors (Lipinski definition) is 2. The van der Waals surface area contributed by atoms with Crippen molar-refractivity contribution in [3.8, 4) is 0 Å². The van der Waals surface area contributed by atoms with E-state index in [1.165, 1.54) is 11.8 Å². The molecule has 4 heterocycles. The van der Waals surface area contributed by atoms with Crippen molar-refractivity contribution in [3.05, 3.63) is 83.9 Å². The first-order valence-corrected chi connectivity index (χ1v) is 14.1. The number of amides is 5. The Hall–Kier alpha value is -4.83. The lowest BCUT2D eigenvalue weighted by atomic mass is 9.76. The van der Waals surface area contributed by atoms with Gasteiger partial charge < -0.3 is 15.1 Å². The topological polar surface area (TPSA) is 119 Å². The molecule has 212 valence electrons. The van der Waals surface area contributed by atoms with Gasteiger partial charge in [-0.3, -0.25) is 29.3 Å². The minimum absolute atomic E-state index is 0.185. The first-order chi connectivity index (χ1) is 20.2. The number of nitrogens with one attached hydrogen (secondary N) is 2. The predicted molar refractivity (Wildman–Crippen MR) is 156 cm³/mol. The van der Waals surface area contributed by atoms with Crippen LogP contribution in [0.3, 0.4) is 0 Å². The molecule has 5 amide bonds. The number of imide groups is 1. The minimum Gasteiger partial charge on any atom is -0.326 e. The lowest BCUT2D eigenvalue weighted by Crippen LogP contribution is -2.56. The molecule has 7 rings (SSSR count). The fourth-order valence-electron chi connectivity index (χ4n) is 7.24. The van der Waals surface area contributed by atoms with Gasteiger partial charge in [-0.2, -0.15) is 0 Å². The third-order valence-corrected chi connectivity index (χ3v) is 8.94. The highest BCUT2D eigenvalue weighted by molar-refractivity contribution is 6.26. The smallest absolute Gasteiger partial charge is 0.253 e. The van der Waals surface area contributed by atoms with Gasteiger partial charge in [0.15, 0.2) is 0 Å². The Morgan fingerprint density at radius 3 is 2.36 bits per heavy atom. The second-order valence-corrected chi connectivity index (χ2v) is 11.3. The van der Waals surface area contributed by atoms with E-state index in [0.717, 1.165) is 22.6 Å². The molecule has 4 aliphatic rings. The van der Waals surface area contributed by atoms with E-state index < -0.39 is 35.2 Å². The van der Waals surface area contributed by atoms with Crippen LogP contribution in [0.1, 0.15) is 25.0 Å². The number of rotatable bonds is 4. The van der Waals surface area contributed by atoms with Crippen molar-refractivity contribution in [3.63, 3.8) is 0 Å². The molecule has 2 fully saturated rings. The van der Waals surface area contributed by atoms with Crippen molar-refractivity contribution in [2.24, 2.45) is 11.8 Å². The molecule has 1 spiro atoms. The number of benzene rings is 3. The standard InChI is InChI=1S/C32H29N5O5/c1-18-27-28(30(41)37(29(27)40)22-13-11-21(12-14-22)33-19(2)38)32(34-18)23-8-4-6-10-25(23)36(31(32)42)17-26(39)35-16-15-20-7-3-5-9-24(20)35/h3-14,18,27-28,34H,15-17H2,1-2H3,(H,33,38)/t18-,27-,28-,32-/m0/s1. The summed E-state index contributed by atoms with van der Waals surface area (Å²) >= 11 is 0. The molecule has 4 aliphatic heterocycles. The monoisotopic (exact) mass is 563 g/mol. The van der Waals surface area contributed by atoms with E-state index in [1.54, 1.807) is 53.4 Å². The third-order valence-electron chi connectivity index (χ3n) is 8.94. The maximum Gasteiger partial charge on any atom is 0.253 e. The number of hydrogen-bond acceptors (Lipinski definition) is 6. The Morgan fingerprint density at radius 2 is 1.62 bits per heavy atom. The van der Waals surface area contributed by atoms with Crippen LogP contribution >= 0.6 is 0 Å². The molecule has 10 heteroatoms. The summed E-state index contributed by atoms with van der Waals surface area (Å²) in [5, 5.41) is 6.03. The van der Waals surface area contributed by atoms with Gasteiger partial charge in [0.2, 0.25) is 23.6 Å². The molecule has 4 atom stereocenters. The highest BCUT2D eigenvalue weighted by Crippen LogP contribution is 2.55. The summed E-state index contributed by atoms with van der Waals surface area (Å²) in [5.74, 6) is -3.48. The van der Waals surface area contributed by atoms with E-state index in [0.29, 0.717) is 29.2 Å². The summed E-state index contributed by atoms with van der Waals surface area (Å²) in [6.07, 6.45) is 0.747. The maximum atomic E-state index is 14.5. The van der Waals surface area contributed by atoms with Crippen LogP contribution in [-0.2, 0) is 35.9 Å². The predicted octanol–water partition coefficient (Wildman–Crippen LogP) is 2.57. The zero-order chi connectivity index (χ0) is 29.3. The van der Waals surface area contributed by atoms with Crippen molar-refractivity contribution in [1.82, 2.24) is 5.32 Å². The van der Waals surface area contributed by atoms with E-state index in [4.69, 9.17) is 0 Å². The van der Waals surface area contributed by atoms with Crippen LogP contribution in [0.5, 0.6) is 0 Å². The number of anilines is 4. The Labute approximate surface area is 242 Å². The van der Waals surface area contributed by atoms with Gasteiger partial charge in [0, 0.05) is 42.1 Å². The molecule has 3 aromatic carbocycles. The van der Waals surface area contributed by atoms with E-state index >= 15 is 0 Å². The van der Waals surface area contributed by atoms with Crippen molar-refractivity contribution >= 4 is 52.3 Å². The van der Waals surface area contributed by atoms with Crippen molar-refractivity contribution in [2.75, 3.05) is 33.1 Å². The van der Waals surface area contributed by atoms with Gasteiger partial charge in [0.05, 0.1) is 17.5 Å². The molecule has 0 radical (unpaired) electrons. The van der Waals surface area contributed by atoms with E-state index in [-0.39, 0.29) is 24.3 Å². The molecule has 42 heavy (non-hydrogen) atoms. The van der Waals surface area contributed by atoms with Crippen molar-refractivity contribution in [1.29, 1.82) is 0 Å². The molecule has 10 nitrogen and oxygen atoms in total. The first-order valence-electron chi connectivity index (χ1n) is 14.1. The Bertz CT molecular complexity index is 1690. The minimum atomic E-state index is -1.48. The normalized spacial score (nSPS) is 25.7. The highest BCUT2D eigenvalue weighted by Gasteiger charge is 2.71. The Balaban J connectivity index is 1.24. The second-order valence-electron chi connectivity index (χ2n) is 11.3.